The molecule has 2 rings (SSSR count). The van der Waals surface area contributed by atoms with Crippen LogP contribution in [-0.2, 0) is 0 Å². The van der Waals surface area contributed by atoms with E-state index < -0.39 is 0 Å². The van der Waals surface area contributed by atoms with Crippen molar-refractivity contribution in [3.63, 3.8) is 0 Å². The van der Waals surface area contributed by atoms with E-state index >= 15 is 0 Å². The molecule has 1 aromatic rings. The molecule has 1 aliphatic carbocycles. The Morgan fingerprint density at radius 1 is 1.25 bits per heavy atom. The molecule has 0 saturated heterocycles. The Kier molecular flexibility index (Phi) is 5.72. The van der Waals surface area contributed by atoms with Crippen molar-refractivity contribution < 1.29 is 9.47 Å². The summed E-state index contributed by atoms with van der Waals surface area (Å²) in [4.78, 5) is 0. The molecule has 1 aromatic carbocycles. The van der Waals surface area contributed by atoms with E-state index in [4.69, 9.17) is 9.47 Å². The van der Waals surface area contributed by atoms with Crippen molar-refractivity contribution in [2.24, 2.45) is 5.92 Å². The van der Waals surface area contributed by atoms with Gasteiger partial charge in [-0.15, -0.1) is 0 Å². The zero-order valence-electron chi connectivity index (χ0n) is 12.9. The number of aryl methyl sites for hydroxylation is 1. The van der Waals surface area contributed by atoms with E-state index in [1.54, 1.807) is 7.11 Å². The van der Waals surface area contributed by atoms with Crippen LogP contribution in [0.1, 0.15) is 38.2 Å². The van der Waals surface area contributed by atoms with Gasteiger partial charge < -0.3 is 14.8 Å². The fourth-order valence-electron chi connectivity index (χ4n) is 3.06. The van der Waals surface area contributed by atoms with Gasteiger partial charge in [-0.05, 0) is 49.9 Å². The number of nitrogens with one attached hydrogen (secondary N) is 1. The summed E-state index contributed by atoms with van der Waals surface area (Å²) in [5, 5.41) is 3.58. The molecule has 1 aliphatic rings. The van der Waals surface area contributed by atoms with Gasteiger partial charge in [-0.1, -0.05) is 25.8 Å². The van der Waals surface area contributed by atoms with Gasteiger partial charge in [0.1, 0.15) is 6.61 Å². The van der Waals surface area contributed by atoms with Crippen LogP contribution in [0.4, 0.5) is 0 Å². The zero-order valence-corrected chi connectivity index (χ0v) is 12.9. The van der Waals surface area contributed by atoms with E-state index in [1.807, 2.05) is 12.1 Å². The van der Waals surface area contributed by atoms with Crippen LogP contribution in [0.5, 0.6) is 11.5 Å². The Balaban J connectivity index is 1.97. The predicted molar refractivity (Wildman–Crippen MR) is 82.6 cm³/mol. The highest BCUT2D eigenvalue weighted by atomic mass is 16.5. The predicted octanol–water partition coefficient (Wildman–Crippen LogP) is 3.55. The van der Waals surface area contributed by atoms with Crippen LogP contribution in [0.3, 0.4) is 0 Å². The Morgan fingerprint density at radius 3 is 2.65 bits per heavy atom. The van der Waals surface area contributed by atoms with Crippen molar-refractivity contribution in [1.82, 2.24) is 5.32 Å². The molecule has 0 aliphatic heterocycles. The van der Waals surface area contributed by atoms with E-state index in [2.05, 4.69) is 25.2 Å². The third-order valence-electron chi connectivity index (χ3n) is 4.17. The highest BCUT2D eigenvalue weighted by molar-refractivity contribution is 5.42. The summed E-state index contributed by atoms with van der Waals surface area (Å²) < 4.78 is 11.4. The van der Waals surface area contributed by atoms with Crippen LogP contribution < -0.4 is 14.8 Å². The molecule has 112 valence electrons. The normalized spacial score (nSPS) is 17.1. The Hall–Kier alpha value is -1.22. The number of methoxy groups -OCH3 is 1. The van der Waals surface area contributed by atoms with Gasteiger partial charge in [0.15, 0.2) is 11.5 Å². The number of rotatable bonds is 7. The molecule has 0 bridgehead atoms. The lowest BCUT2D eigenvalue weighted by Crippen LogP contribution is -2.40. The van der Waals surface area contributed by atoms with Gasteiger partial charge in [0.2, 0.25) is 0 Å². The maximum atomic E-state index is 6.02. The van der Waals surface area contributed by atoms with Gasteiger partial charge in [-0.25, -0.2) is 0 Å². The first-order chi connectivity index (χ1) is 9.74. The molecular weight excluding hydrogens is 250 g/mol. The first kappa shape index (κ1) is 15.2. The lowest BCUT2D eigenvalue weighted by atomic mass is 9.99. The van der Waals surface area contributed by atoms with Gasteiger partial charge in [-0.3, -0.25) is 0 Å². The van der Waals surface area contributed by atoms with Crippen molar-refractivity contribution in [3.05, 3.63) is 23.8 Å². The molecule has 3 nitrogen and oxygen atoms in total. The van der Waals surface area contributed by atoms with Gasteiger partial charge in [-0.2, -0.15) is 0 Å². The molecule has 1 saturated carbocycles. The highest BCUT2D eigenvalue weighted by Gasteiger charge is 2.25. The zero-order chi connectivity index (χ0) is 14.4. The minimum absolute atomic E-state index is 0.452. The van der Waals surface area contributed by atoms with E-state index in [0.29, 0.717) is 6.04 Å². The smallest absolute Gasteiger partial charge is 0.161 e. The second-order valence-electron chi connectivity index (χ2n) is 5.67. The van der Waals surface area contributed by atoms with E-state index in [-0.39, 0.29) is 0 Å². The maximum Gasteiger partial charge on any atom is 0.161 e. The number of ether oxygens (including phenoxy) is 2. The van der Waals surface area contributed by atoms with Crippen molar-refractivity contribution in [3.8, 4) is 11.5 Å². The summed E-state index contributed by atoms with van der Waals surface area (Å²) in [7, 11) is 1.69. The number of hydrogen-bond donors (Lipinski definition) is 1. The van der Waals surface area contributed by atoms with Crippen LogP contribution in [0, 0.1) is 12.8 Å². The van der Waals surface area contributed by atoms with Gasteiger partial charge in [0.25, 0.3) is 0 Å². The summed E-state index contributed by atoms with van der Waals surface area (Å²) in [6.07, 6.45) is 5.37. The SMILES string of the molecule is CCNC(COc1ccc(C)cc1OC)C1CCCC1. The third kappa shape index (κ3) is 3.89. The van der Waals surface area contributed by atoms with Gasteiger partial charge in [0.05, 0.1) is 7.11 Å². The largest absolute Gasteiger partial charge is 0.493 e. The van der Waals surface area contributed by atoms with Crippen LogP contribution in [-0.4, -0.2) is 26.3 Å². The topological polar surface area (TPSA) is 30.5 Å². The number of hydrogen-bond acceptors (Lipinski definition) is 3. The minimum atomic E-state index is 0.452. The summed E-state index contributed by atoms with van der Waals surface area (Å²) in [5.74, 6) is 2.43. The van der Waals surface area contributed by atoms with Crippen LogP contribution in [0.2, 0.25) is 0 Å². The Morgan fingerprint density at radius 2 is 2.00 bits per heavy atom. The molecule has 0 radical (unpaired) electrons. The fraction of sp³-hybridized carbons (Fsp3) is 0.647. The molecule has 1 N–H and O–H groups in total. The maximum absolute atomic E-state index is 6.02. The molecule has 0 amide bonds. The van der Waals surface area contributed by atoms with Gasteiger partial charge in [0, 0.05) is 6.04 Å². The van der Waals surface area contributed by atoms with Crippen LogP contribution in [0.25, 0.3) is 0 Å². The van der Waals surface area contributed by atoms with Crippen molar-refractivity contribution >= 4 is 0 Å². The first-order valence-electron chi connectivity index (χ1n) is 7.75. The molecule has 1 unspecified atom stereocenters. The monoisotopic (exact) mass is 277 g/mol. The summed E-state index contributed by atoms with van der Waals surface area (Å²) in [5.41, 5.74) is 1.19. The van der Waals surface area contributed by atoms with Crippen LogP contribution >= 0.6 is 0 Å². The standard InChI is InChI=1S/C17H27NO2/c1-4-18-15(14-7-5-6-8-14)12-20-16-10-9-13(2)11-17(16)19-3/h9-11,14-15,18H,4-8,12H2,1-3H3. The first-order valence-corrected chi connectivity index (χ1v) is 7.75. The molecule has 1 fully saturated rings. The number of likely N-dealkylation sites (N-methyl/N-ethyl adjacent to an activating group) is 1. The minimum Gasteiger partial charge on any atom is -0.493 e. The lowest BCUT2D eigenvalue weighted by Gasteiger charge is -2.24. The average molecular weight is 277 g/mol. The summed E-state index contributed by atoms with van der Waals surface area (Å²) in [6.45, 7) is 5.94. The van der Waals surface area contributed by atoms with Gasteiger partial charge >= 0.3 is 0 Å². The molecule has 20 heavy (non-hydrogen) atoms. The van der Waals surface area contributed by atoms with Crippen molar-refractivity contribution in [2.75, 3.05) is 20.3 Å². The second-order valence-corrected chi connectivity index (χ2v) is 5.67. The van der Waals surface area contributed by atoms with Crippen LogP contribution in [0.15, 0.2) is 18.2 Å². The molecular formula is C17H27NO2. The summed E-state index contributed by atoms with van der Waals surface area (Å²) in [6, 6.07) is 6.54. The molecule has 0 spiro atoms. The van der Waals surface area contributed by atoms with E-state index in [9.17, 15) is 0 Å². The lowest BCUT2D eigenvalue weighted by molar-refractivity contribution is 0.212. The Bertz CT molecular complexity index is 413. The van der Waals surface area contributed by atoms with Crippen molar-refractivity contribution in [2.45, 2.75) is 45.6 Å². The molecule has 0 aromatic heterocycles. The fourth-order valence-corrected chi connectivity index (χ4v) is 3.06. The highest BCUT2D eigenvalue weighted by Crippen LogP contribution is 2.31. The van der Waals surface area contributed by atoms with E-state index in [1.165, 1.54) is 31.2 Å². The second kappa shape index (κ2) is 7.53. The number of benzene rings is 1. The third-order valence-corrected chi connectivity index (χ3v) is 4.17. The van der Waals surface area contributed by atoms with Crippen molar-refractivity contribution in [1.29, 1.82) is 0 Å². The Labute approximate surface area is 122 Å². The molecule has 1 atom stereocenters. The molecule has 3 heteroatoms. The van der Waals surface area contributed by atoms with E-state index in [0.717, 1.165) is 30.6 Å². The average Bonchev–Trinajstić information content (AvgIpc) is 2.98. The summed E-state index contributed by atoms with van der Waals surface area (Å²) >= 11 is 0. The quantitative estimate of drug-likeness (QED) is 0.826. The molecule has 0 heterocycles.